The molecule has 0 unspecified atom stereocenters. The van der Waals surface area contributed by atoms with Crippen molar-refractivity contribution in [1.82, 2.24) is 25.4 Å². The predicted octanol–water partition coefficient (Wildman–Crippen LogP) is 5.39. The SMILES string of the molecule is COc1ccc(NC(=S)NC(=O)NCCc2cccc(-c3ncn(-c4ccc(OC(F)(F)F)cc4)n3)c2)c(C)c1. The Morgan fingerprint density at radius 3 is 2.50 bits per heavy atom. The average Bonchev–Trinajstić information content (AvgIpc) is 3.40. The number of benzene rings is 3. The summed E-state index contributed by atoms with van der Waals surface area (Å²) in [5.41, 5.74) is 3.88. The normalized spacial score (nSPS) is 11.0. The number of nitrogens with zero attached hydrogens (tertiary/aromatic N) is 3. The van der Waals surface area contributed by atoms with E-state index in [4.69, 9.17) is 17.0 Å². The van der Waals surface area contributed by atoms with Crippen molar-refractivity contribution in [2.24, 2.45) is 0 Å². The summed E-state index contributed by atoms with van der Waals surface area (Å²) >= 11 is 5.23. The Hall–Kier alpha value is -4.65. The fraction of sp³-hybridized carbons (Fsp3) is 0.185. The number of hydrogen-bond donors (Lipinski definition) is 3. The second-order valence-corrected chi connectivity index (χ2v) is 8.93. The first-order valence-electron chi connectivity index (χ1n) is 12.0. The van der Waals surface area contributed by atoms with Gasteiger partial charge in [-0.25, -0.2) is 14.5 Å². The molecular weight excluding hydrogens is 545 g/mol. The van der Waals surface area contributed by atoms with E-state index in [1.54, 1.807) is 13.2 Å². The minimum absolute atomic E-state index is 0.164. The monoisotopic (exact) mass is 570 g/mol. The van der Waals surface area contributed by atoms with Crippen molar-refractivity contribution in [2.45, 2.75) is 19.7 Å². The summed E-state index contributed by atoms with van der Waals surface area (Å²) in [6, 6.07) is 17.8. The summed E-state index contributed by atoms with van der Waals surface area (Å²) in [5.74, 6) is 0.839. The van der Waals surface area contributed by atoms with Crippen LogP contribution in [0.3, 0.4) is 0 Å². The van der Waals surface area contributed by atoms with Gasteiger partial charge in [0.1, 0.15) is 17.8 Å². The number of amides is 2. The van der Waals surface area contributed by atoms with Crippen molar-refractivity contribution in [3.8, 4) is 28.6 Å². The zero-order chi connectivity index (χ0) is 28.7. The molecule has 0 spiro atoms. The maximum absolute atomic E-state index is 12.4. The van der Waals surface area contributed by atoms with Crippen molar-refractivity contribution in [3.05, 3.63) is 84.2 Å². The number of carbonyl (C=O) groups is 1. The zero-order valence-electron chi connectivity index (χ0n) is 21.5. The summed E-state index contributed by atoms with van der Waals surface area (Å²) in [6.07, 6.45) is -2.74. The highest BCUT2D eigenvalue weighted by Gasteiger charge is 2.31. The van der Waals surface area contributed by atoms with Crippen molar-refractivity contribution >= 4 is 29.0 Å². The first kappa shape index (κ1) is 28.4. The molecule has 0 saturated heterocycles. The van der Waals surface area contributed by atoms with Crippen LogP contribution in [0.15, 0.2) is 73.1 Å². The first-order chi connectivity index (χ1) is 19.1. The van der Waals surface area contributed by atoms with Crippen LogP contribution in [0.5, 0.6) is 11.5 Å². The van der Waals surface area contributed by atoms with Gasteiger partial charge in [0.25, 0.3) is 0 Å². The number of rotatable bonds is 8. The van der Waals surface area contributed by atoms with Crippen molar-refractivity contribution in [2.75, 3.05) is 19.0 Å². The molecule has 1 aromatic heterocycles. The van der Waals surface area contributed by atoms with Gasteiger partial charge < -0.3 is 20.1 Å². The number of thiocarbonyl (C=S) groups is 1. The predicted molar refractivity (Wildman–Crippen MR) is 148 cm³/mol. The maximum Gasteiger partial charge on any atom is 0.573 e. The number of ether oxygens (including phenoxy) is 2. The van der Waals surface area contributed by atoms with Crippen LogP contribution in [0.4, 0.5) is 23.7 Å². The molecule has 3 aromatic carbocycles. The molecule has 2 amide bonds. The van der Waals surface area contributed by atoms with E-state index in [1.807, 2.05) is 43.3 Å². The highest BCUT2D eigenvalue weighted by Crippen LogP contribution is 2.24. The number of anilines is 1. The van der Waals surface area contributed by atoms with E-state index >= 15 is 0 Å². The standard InChI is InChI=1S/C27H25F3N6O3S/c1-17-14-22(38-2)10-11-23(17)33-26(40)34-25(37)31-13-12-18-4-3-5-19(15-18)24-32-16-36(35-24)20-6-8-21(9-7-20)39-27(28,29)30/h3-11,14-16H,12-13H2,1-2H3,(H3,31,33,34,37,40). The molecular formula is C27H25F3N6O3S. The van der Waals surface area contributed by atoms with Gasteiger partial charge in [-0.05, 0) is 85.2 Å². The number of carbonyl (C=O) groups excluding carboxylic acids is 1. The third kappa shape index (κ3) is 7.93. The van der Waals surface area contributed by atoms with E-state index in [-0.39, 0.29) is 10.9 Å². The molecule has 1 heterocycles. The van der Waals surface area contributed by atoms with Gasteiger partial charge >= 0.3 is 12.4 Å². The van der Waals surface area contributed by atoms with Crippen LogP contribution in [0.1, 0.15) is 11.1 Å². The topological polar surface area (TPSA) is 102 Å². The largest absolute Gasteiger partial charge is 0.573 e. The summed E-state index contributed by atoms with van der Waals surface area (Å²) in [4.78, 5) is 16.6. The van der Waals surface area contributed by atoms with E-state index in [0.29, 0.717) is 24.5 Å². The lowest BCUT2D eigenvalue weighted by Crippen LogP contribution is -2.42. The second-order valence-electron chi connectivity index (χ2n) is 8.52. The number of hydrogen-bond acceptors (Lipinski definition) is 6. The summed E-state index contributed by atoms with van der Waals surface area (Å²) in [7, 11) is 1.59. The molecule has 208 valence electrons. The third-order valence-corrected chi connectivity index (χ3v) is 5.82. The van der Waals surface area contributed by atoms with E-state index in [0.717, 1.165) is 28.1 Å². The third-order valence-electron chi connectivity index (χ3n) is 5.62. The Kier molecular flexibility index (Phi) is 8.84. The van der Waals surface area contributed by atoms with Gasteiger partial charge in [0, 0.05) is 17.8 Å². The van der Waals surface area contributed by atoms with Crippen LogP contribution in [0.25, 0.3) is 17.1 Å². The number of alkyl halides is 3. The van der Waals surface area contributed by atoms with Crippen molar-refractivity contribution < 1.29 is 27.4 Å². The van der Waals surface area contributed by atoms with E-state index in [1.165, 1.54) is 35.3 Å². The molecule has 13 heteroatoms. The molecule has 4 aromatic rings. The van der Waals surface area contributed by atoms with Gasteiger partial charge in [-0.1, -0.05) is 18.2 Å². The lowest BCUT2D eigenvalue weighted by Gasteiger charge is -2.13. The highest BCUT2D eigenvalue weighted by atomic mass is 32.1. The Morgan fingerprint density at radius 2 is 1.80 bits per heavy atom. The minimum atomic E-state index is -4.76. The first-order valence-corrected chi connectivity index (χ1v) is 12.4. The summed E-state index contributed by atoms with van der Waals surface area (Å²) < 4.78 is 47.7. The molecule has 0 radical (unpaired) electrons. The quantitative estimate of drug-likeness (QED) is 0.244. The summed E-state index contributed by atoms with van der Waals surface area (Å²) in [6.45, 7) is 2.25. The van der Waals surface area contributed by atoms with Gasteiger partial charge in [0.15, 0.2) is 10.9 Å². The molecule has 3 N–H and O–H groups in total. The number of aryl methyl sites for hydroxylation is 1. The number of methoxy groups -OCH3 is 1. The van der Waals surface area contributed by atoms with Crippen LogP contribution in [-0.2, 0) is 6.42 Å². The smallest absolute Gasteiger partial charge is 0.497 e. The Balaban J connectivity index is 1.28. The van der Waals surface area contributed by atoms with Gasteiger partial charge in [0.2, 0.25) is 0 Å². The van der Waals surface area contributed by atoms with Crippen LogP contribution < -0.4 is 25.4 Å². The van der Waals surface area contributed by atoms with E-state index in [2.05, 4.69) is 30.8 Å². The molecule has 40 heavy (non-hydrogen) atoms. The zero-order valence-corrected chi connectivity index (χ0v) is 22.3. The molecule has 0 aliphatic carbocycles. The Bertz CT molecular complexity index is 1490. The number of halogens is 3. The van der Waals surface area contributed by atoms with Crippen LogP contribution in [-0.4, -0.2) is 45.9 Å². The van der Waals surface area contributed by atoms with E-state index in [9.17, 15) is 18.0 Å². The number of nitrogens with one attached hydrogen (secondary N) is 3. The lowest BCUT2D eigenvalue weighted by atomic mass is 10.1. The van der Waals surface area contributed by atoms with Gasteiger partial charge in [-0.2, -0.15) is 0 Å². The fourth-order valence-electron chi connectivity index (χ4n) is 3.71. The summed E-state index contributed by atoms with van der Waals surface area (Å²) in [5, 5.41) is 12.9. The number of aromatic nitrogens is 3. The van der Waals surface area contributed by atoms with Crippen LogP contribution in [0.2, 0.25) is 0 Å². The van der Waals surface area contributed by atoms with Gasteiger partial charge in [0.05, 0.1) is 12.8 Å². The van der Waals surface area contributed by atoms with Crippen LogP contribution in [0, 0.1) is 6.92 Å². The molecule has 0 aliphatic rings. The van der Waals surface area contributed by atoms with Crippen molar-refractivity contribution in [1.29, 1.82) is 0 Å². The molecule has 0 saturated carbocycles. The average molecular weight is 571 g/mol. The second kappa shape index (κ2) is 12.5. The lowest BCUT2D eigenvalue weighted by molar-refractivity contribution is -0.274. The maximum atomic E-state index is 12.4. The van der Waals surface area contributed by atoms with E-state index < -0.39 is 12.4 Å². The molecule has 4 rings (SSSR count). The Morgan fingerprint density at radius 1 is 1.05 bits per heavy atom. The minimum Gasteiger partial charge on any atom is -0.497 e. The van der Waals surface area contributed by atoms with Gasteiger partial charge in [-0.3, -0.25) is 5.32 Å². The fourth-order valence-corrected chi connectivity index (χ4v) is 3.91. The molecule has 0 fully saturated rings. The highest BCUT2D eigenvalue weighted by molar-refractivity contribution is 7.80. The number of urea groups is 1. The molecule has 0 atom stereocenters. The van der Waals surface area contributed by atoms with Crippen molar-refractivity contribution in [3.63, 3.8) is 0 Å². The molecule has 0 bridgehead atoms. The van der Waals surface area contributed by atoms with Gasteiger partial charge in [-0.15, -0.1) is 18.3 Å². The molecule has 0 aliphatic heterocycles. The molecule has 9 nitrogen and oxygen atoms in total. The Labute approximate surface area is 233 Å². The van der Waals surface area contributed by atoms with Crippen LogP contribution >= 0.6 is 12.2 Å².